The van der Waals surface area contributed by atoms with Crippen molar-refractivity contribution in [3.05, 3.63) is 538 Å². The summed E-state index contributed by atoms with van der Waals surface area (Å²) in [5.41, 5.74) is 16.4. The highest BCUT2D eigenvalue weighted by Crippen LogP contribution is 2.46. The first kappa shape index (κ1) is 97.6. The van der Waals surface area contributed by atoms with Gasteiger partial charge in [0.2, 0.25) is 0 Å². The molecule has 0 fully saturated rings. The molecule has 0 heterocycles. The summed E-state index contributed by atoms with van der Waals surface area (Å²) < 4.78 is 0. The normalized spacial score (nSPS) is 12.1. The molecule has 0 aliphatic rings. The van der Waals surface area contributed by atoms with Gasteiger partial charge in [-0.25, -0.2) is 0 Å². The minimum atomic E-state index is -0.563. The lowest BCUT2D eigenvalue weighted by molar-refractivity contribution is 0.146. The monoisotopic (exact) mass is 1780 g/mol. The summed E-state index contributed by atoms with van der Waals surface area (Å²) in [5, 5.41) is 17.0. The zero-order valence-corrected chi connectivity index (χ0v) is 80.0. The predicted octanol–water partition coefficient (Wildman–Crippen LogP) is 28.4. The first-order chi connectivity index (χ1) is 67.0. The maximum atomic E-state index is 4.29. The second-order valence-electron chi connectivity index (χ2n) is 37.0. The Hall–Kier alpha value is -12.0. The minimum absolute atomic E-state index is 0.465. The fourth-order valence-electron chi connectivity index (χ4n) is 21.6. The Labute approximate surface area is 810 Å². The molecule has 0 atom stereocenters. The fourth-order valence-corrected chi connectivity index (χ4v) is 21.6. The van der Waals surface area contributed by atoms with Crippen molar-refractivity contribution in [3.63, 3.8) is 0 Å². The lowest BCUT2D eigenvalue weighted by Gasteiger charge is -2.46. The average molecular weight is 1780 g/mol. The van der Waals surface area contributed by atoms with Crippen LogP contribution in [-0.4, -0.2) is 93.2 Å². The van der Waals surface area contributed by atoms with Crippen LogP contribution in [0.2, 0.25) is 0 Å². The highest BCUT2D eigenvalue weighted by atomic mass is 15.2. The third kappa shape index (κ3) is 25.4. The largest absolute Gasteiger partial charge is 0.303 e. The van der Waals surface area contributed by atoms with Crippen LogP contribution in [0.4, 0.5) is 0 Å². The molecular weight excluding hydrogens is 1640 g/mol. The number of rotatable bonds is 59. The summed E-state index contributed by atoms with van der Waals surface area (Å²) >= 11 is 0. The molecule has 0 saturated carbocycles. The zero-order valence-electron chi connectivity index (χ0n) is 80.0. The van der Waals surface area contributed by atoms with Gasteiger partial charge < -0.3 is 9.80 Å². The van der Waals surface area contributed by atoms with Crippen LogP contribution >= 0.6 is 0 Å². The Balaban J connectivity index is 0.560. The number of nitrogens with zero attached hydrogens (tertiary/aromatic N) is 3. The average Bonchev–Trinajstić information content (AvgIpc) is 0.737. The van der Waals surface area contributed by atoms with Crippen molar-refractivity contribution in [1.29, 1.82) is 0 Å². The van der Waals surface area contributed by atoms with Gasteiger partial charge in [0.25, 0.3) is 0 Å². The number of hydrogen-bond donors (Lipinski definition) is 4. The molecule has 15 aromatic carbocycles. The smallest absolute Gasteiger partial charge is 0.0972 e. The van der Waals surface area contributed by atoms with Crippen LogP contribution in [0.5, 0.6) is 0 Å². The van der Waals surface area contributed by atoms with E-state index in [4.69, 9.17) is 0 Å². The van der Waals surface area contributed by atoms with E-state index < -0.39 is 27.7 Å². The summed E-state index contributed by atoms with van der Waals surface area (Å²) in [6.45, 7) is 11.8. The van der Waals surface area contributed by atoms with Crippen molar-refractivity contribution in [2.75, 3.05) is 78.5 Å². The Kier molecular flexibility index (Phi) is 38.1. The topological polar surface area (TPSA) is 57.8 Å². The van der Waals surface area contributed by atoms with Gasteiger partial charge in [0.05, 0.1) is 27.7 Å². The van der Waals surface area contributed by atoms with Crippen LogP contribution in [0.25, 0.3) is 0 Å². The molecule has 7 heteroatoms. The van der Waals surface area contributed by atoms with E-state index >= 15 is 0 Å². The van der Waals surface area contributed by atoms with E-state index in [1.165, 1.54) is 173 Å². The Bertz CT molecular complexity index is 5180. The van der Waals surface area contributed by atoms with Gasteiger partial charge in [-0.05, 0) is 213 Å². The number of unbranched alkanes of at least 4 members (excludes halogenated alkanes) is 15. The SMILES string of the molecule is c1ccc(C(NCCCCN(CCCCCCCCCCCCCCCCN(CCCCN(CCCNC(c2ccccc2)(c2ccccc2)c2ccccc2)C(c2ccccc2)(c2ccccc2)c2ccccc2)CCCNC(c2ccccc2)(c2ccccc2)c2ccccc2)CCCNC(c2ccccc2)(c2ccccc2)c2ccccc2)(c2ccccc2)c2ccccc2)cc1. The first-order valence-electron chi connectivity index (χ1n) is 51.1. The van der Waals surface area contributed by atoms with Crippen molar-refractivity contribution >= 4 is 0 Å². The van der Waals surface area contributed by atoms with E-state index in [0.29, 0.717) is 0 Å². The van der Waals surface area contributed by atoms with Gasteiger partial charge in [-0.2, -0.15) is 0 Å². The van der Waals surface area contributed by atoms with E-state index in [0.717, 1.165) is 123 Å². The molecular formula is C128H145N7. The second-order valence-corrected chi connectivity index (χ2v) is 37.0. The summed E-state index contributed by atoms with van der Waals surface area (Å²) in [6, 6.07) is 167. The number of benzene rings is 15. The molecule has 4 N–H and O–H groups in total. The standard InChI is InChI=1S/C128H145N7/c1(3-5-7-9-11-59-101-133(105-64-98-130-125(112-73-34-16-35-74-112,113-75-36-17-37-76-113)114-77-38-18-39-78-114)103-61-58-97-129-124(109-67-28-13-29-68-109,110-69-30-14-31-70-110)111-71-32-15-33-72-111)2-4-6-8-10-12-60-102-134(106-65-99-131-126(115-79-40-19-41-80-115,116-81-42-20-43-82-116)117-83-44-21-45-84-117)104-62-63-107-135(128(121-91-52-25-53-92-121,122-93-54-26-55-94-122)123-95-56-27-57-96-123)108-66-100-132-127(118-85-46-22-47-86-118,119-87-48-23-49-88-119)120-89-50-24-51-90-120/h13-57,67-96,129-132H,1-12,58-66,97-108H2. The number of nitrogens with one attached hydrogen (secondary N) is 4. The molecule has 15 rings (SSSR count). The van der Waals surface area contributed by atoms with Crippen molar-refractivity contribution in [2.24, 2.45) is 0 Å². The molecule has 0 unspecified atom stereocenters. The van der Waals surface area contributed by atoms with Crippen molar-refractivity contribution in [2.45, 2.75) is 163 Å². The van der Waals surface area contributed by atoms with E-state index in [2.05, 4.69) is 491 Å². The molecule has 0 radical (unpaired) electrons. The third-order valence-electron chi connectivity index (χ3n) is 28.3. The van der Waals surface area contributed by atoms with Gasteiger partial charge in [-0.15, -0.1) is 0 Å². The molecule has 0 aromatic heterocycles. The number of hydrogen-bond acceptors (Lipinski definition) is 7. The summed E-state index contributed by atoms with van der Waals surface area (Å²) in [4.78, 5) is 8.49. The molecule has 0 spiro atoms. The highest BCUT2D eigenvalue weighted by Gasteiger charge is 2.44. The maximum Gasteiger partial charge on any atom is 0.0972 e. The molecule has 0 saturated heterocycles. The minimum Gasteiger partial charge on any atom is -0.303 e. The van der Waals surface area contributed by atoms with Crippen LogP contribution in [-0.2, 0) is 27.7 Å². The second kappa shape index (κ2) is 52.8. The van der Waals surface area contributed by atoms with E-state index in [1.54, 1.807) is 0 Å². The van der Waals surface area contributed by atoms with Gasteiger partial charge in [-0.1, -0.05) is 532 Å². The van der Waals surface area contributed by atoms with Crippen molar-refractivity contribution in [3.8, 4) is 0 Å². The Morgan fingerprint density at radius 1 is 0.126 bits per heavy atom. The van der Waals surface area contributed by atoms with Crippen molar-refractivity contribution in [1.82, 2.24) is 36.0 Å². The van der Waals surface area contributed by atoms with Crippen LogP contribution < -0.4 is 21.3 Å². The molecule has 692 valence electrons. The maximum absolute atomic E-state index is 4.29. The van der Waals surface area contributed by atoms with Gasteiger partial charge >= 0.3 is 0 Å². The van der Waals surface area contributed by atoms with Crippen LogP contribution in [0.3, 0.4) is 0 Å². The molecule has 0 bridgehead atoms. The molecule has 0 aliphatic carbocycles. The Morgan fingerprint density at radius 2 is 0.252 bits per heavy atom. The van der Waals surface area contributed by atoms with E-state index in [1.807, 2.05) is 0 Å². The summed E-state index contributed by atoms with van der Waals surface area (Å²) in [5.74, 6) is 0. The summed E-state index contributed by atoms with van der Waals surface area (Å²) in [6.07, 6.45) is 25.8. The van der Waals surface area contributed by atoms with Crippen molar-refractivity contribution < 1.29 is 0 Å². The third-order valence-corrected chi connectivity index (χ3v) is 28.3. The molecule has 7 nitrogen and oxygen atoms in total. The quantitative estimate of drug-likeness (QED) is 0.0224. The molecule has 15 aromatic rings. The molecule has 0 aliphatic heterocycles. The highest BCUT2D eigenvalue weighted by molar-refractivity contribution is 5.56. The Morgan fingerprint density at radius 3 is 0.444 bits per heavy atom. The van der Waals surface area contributed by atoms with Gasteiger partial charge in [-0.3, -0.25) is 26.2 Å². The van der Waals surface area contributed by atoms with Gasteiger partial charge in [0.1, 0.15) is 0 Å². The van der Waals surface area contributed by atoms with Gasteiger partial charge in [0, 0.05) is 6.54 Å². The first-order valence-corrected chi connectivity index (χ1v) is 51.1. The molecule has 135 heavy (non-hydrogen) atoms. The lowest BCUT2D eigenvalue weighted by atomic mass is 9.75. The van der Waals surface area contributed by atoms with Crippen LogP contribution in [0, 0.1) is 0 Å². The fraction of sp³-hybridized carbons (Fsp3) is 0.297. The molecule has 0 amide bonds. The van der Waals surface area contributed by atoms with E-state index in [9.17, 15) is 0 Å². The van der Waals surface area contributed by atoms with Gasteiger partial charge in [0.15, 0.2) is 0 Å². The zero-order chi connectivity index (χ0) is 92.1. The van der Waals surface area contributed by atoms with E-state index in [-0.39, 0.29) is 0 Å². The van der Waals surface area contributed by atoms with Crippen LogP contribution in [0.1, 0.15) is 218 Å². The predicted molar refractivity (Wildman–Crippen MR) is 569 cm³/mol. The lowest BCUT2D eigenvalue weighted by Crippen LogP contribution is -2.50. The summed E-state index contributed by atoms with van der Waals surface area (Å²) in [7, 11) is 0. The van der Waals surface area contributed by atoms with Crippen LogP contribution in [0.15, 0.2) is 455 Å².